The number of amides is 4. The van der Waals surface area contributed by atoms with Gasteiger partial charge in [0.15, 0.2) is 0 Å². The third-order valence-corrected chi connectivity index (χ3v) is 7.89. The number of rotatable bonds is 10. The lowest BCUT2D eigenvalue weighted by Crippen LogP contribution is -2.54. The molecule has 228 valence electrons. The number of alkyl carbamates (subject to hydrolysis) is 1. The molecule has 3 rings (SSSR count). The third kappa shape index (κ3) is 8.75. The fourth-order valence-electron chi connectivity index (χ4n) is 4.57. The molecule has 42 heavy (non-hydrogen) atoms. The quantitative estimate of drug-likeness (QED) is 0.358. The van der Waals surface area contributed by atoms with E-state index in [4.69, 9.17) is 38.4 Å². The highest BCUT2D eigenvalue weighted by Crippen LogP contribution is 2.34. The standard InChI is InChI=1S/C30H38Cl2N4O6/c1-5-19-9-10-21(26(33)38)23(15-19)41-18-30(27(39)34-16-20-7-6-8-22(31)25(20)32)11-13-36(14-12-30)24(37)17-35-28(40)42-29(2,3)4/h6-10,15H,5,11-14,16-18H2,1-4H3,(H2,33,38)(H,34,39)(H,35,40). The molecule has 1 fully saturated rings. The fraction of sp³-hybridized carbons (Fsp3) is 0.467. The van der Waals surface area contributed by atoms with Gasteiger partial charge in [-0.3, -0.25) is 14.4 Å². The second kappa shape index (κ2) is 14.1. The van der Waals surface area contributed by atoms with Crippen molar-refractivity contribution >= 4 is 47.0 Å². The van der Waals surface area contributed by atoms with Gasteiger partial charge in [-0.15, -0.1) is 0 Å². The number of aryl methyl sites for hydroxylation is 1. The summed E-state index contributed by atoms with van der Waals surface area (Å²) in [5.74, 6) is -0.926. The molecule has 0 spiro atoms. The zero-order valence-corrected chi connectivity index (χ0v) is 25.9. The van der Waals surface area contributed by atoms with E-state index in [2.05, 4.69) is 10.6 Å². The van der Waals surface area contributed by atoms with E-state index in [0.717, 1.165) is 12.0 Å². The zero-order valence-electron chi connectivity index (χ0n) is 24.4. The minimum absolute atomic E-state index is 0.0479. The van der Waals surface area contributed by atoms with Crippen molar-refractivity contribution in [1.29, 1.82) is 0 Å². The Hall–Kier alpha value is -3.50. The molecule has 1 heterocycles. The van der Waals surface area contributed by atoms with Crippen molar-refractivity contribution in [1.82, 2.24) is 15.5 Å². The van der Waals surface area contributed by atoms with Gasteiger partial charge < -0.3 is 30.7 Å². The van der Waals surface area contributed by atoms with Crippen LogP contribution in [0.3, 0.4) is 0 Å². The summed E-state index contributed by atoms with van der Waals surface area (Å²) in [6, 6.07) is 10.3. The van der Waals surface area contributed by atoms with Gasteiger partial charge in [-0.05, 0) is 69.4 Å². The van der Waals surface area contributed by atoms with Gasteiger partial charge in [0.2, 0.25) is 11.8 Å². The molecule has 0 saturated carbocycles. The summed E-state index contributed by atoms with van der Waals surface area (Å²) in [6.07, 6.45) is 0.587. The lowest BCUT2D eigenvalue weighted by atomic mass is 9.78. The van der Waals surface area contributed by atoms with Gasteiger partial charge in [0.25, 0.3) is 5.91 Å². The minimum atomic E-state index is -1.03. The zero-order chi connectivity index (χ0) is 31.1. The highest BCUT2D eigenvalue weighted by molar-refractivity contribution is 6.42. The summed E-state index contributed by atoms with van der Waals surface area (Å²) in [4.78, 5) is 52.2. The first-order valence-electron chi connectivity index (χ1n) is 13.8. The van der Waals surface area contributed by atoms with Gasteiger partial charge in [-0.1, -0.05) is 48.3 Å². The van der Waals surface area contributed by atoms with Crippen LogP contribution in [0.5, 0.6) is 5.75 Å². The molecule has 12 heteroatoms. The van der Waals surface area contributed by atoms with Crippen LogP contribution in [-0.4, -0.2) is 60.6 Å². The highest BCUT2D eigenvalue weighted by Gasteiger charge is 2.43. The normalized spacial score (nSPS) is 14.6. The fourth-order valence-corrected chi connectivity index (χ4v) is 4.96. The molecule has 1 aliphatic rings. The number of nitrogens with zero attached hydrogens (tertiary/aromatic N) is 1. The van der Waals surface area contributed by atoms with Crippen LogP contribution < -0.4 is 21.1 Å². The Kier molecular flexibility index (Phi) is 11.1. The van der Waals surface area contributed by atoms with E-state index in [1.54, 1.807) is 62.1 Å². The van der Waals surface area contributed by atoms with Crippen molar-refractivity contribution in [3.05, 3.63) is 63.1 Å². The maximum absolute atomic E-state index is 13.7. The molecule has 1 aliphatic heterocycles. The van der Waals surface area contributed by atoms with Crippen molar-refractivity contribution in [3.8, 4) is 5.75 Å². The number of halogens is 2. The molecular formula is C30H38Cl2N4O6. The largest absolute Gasteiger partial charge is 0.492 e. The summed E-state index contributed by atoms with van der Waals surface area (Å²) in [7, 11) is 0. The molecular weight excluding hydrogens is 583 g/mol. The number of nitrogens with one attached hydrogen (secondary N) is 2. The van der Waals surface area contributed by atoms with Crippen molar-refractivity contribution in [3.63, 3.8) is 0 Å². The number of primary amides is 1. The second-order valence-corrected chi connectivity index (χ2v) is 12.0. The first kappa shape index (κ1) is 33.0. The summed E-state index contributed by atoms with van der Waals surface area (Å²) in [5.41, 5.74) is 5.67. The number of hydrogen-bond acceptors (Lipinski definition) is 6. The van der Waals surface area contributed by atoms with Crippen LogP contribution in [-0.2, 0) is 27.3 Å². The molecule has 0 atom stereocenters. The number of nitrogens with two attached hydrogens (primary N) is 1. The van der Waals surface area contributed by atoms with Crippen LogP contribution in [0.15, 0.2) is 36.4 Å². The van der Waals surface area contributed by atoms with E-state index in [9.17, 15) is 19.2 Å². The molecule has 0 aromatic heterocycles. The first-order valence-corrected chi connectivity index (χ1v) is 14.5. The number of piperidine rings is 1. The van der Waals surface area contributed by atoms with Gasteiger partial charge in [0, 0.05) is 19.6 Å². The van der Waals surface area contributed by atoms with Gasteiger partial charge in [-0.25, -0.2) is 4.79 Å². The Balaban J connectivity index is 1.76. The Morgan fingerprint density at radius 2 is 1.74 bits per heavy atom. The molecule has 1 saturated heterocycles. The molecule has 0 unspecified atom stereocenters. The van der Waals surface area contributed by atoms with Crippen LogP contribution >= 0.6 is 23.2 Å². The lowest BCUT2D eigenvalue weighted by molar-refractivity contribution is -0.142. The molecule has 0 aliphatic carbocycles. The Morgan fingerprint density at radius 3 is 2.36 bits per heavy atom. The monoisotopic (exact) mass is 620 g/mol. The van der Waals surface area contributed by atoms with E-state index >= 15 is 0 Å². The van der Waals surface area contributed by atoms with E-state index in [1.165, 1.54) is 0 Å². The van der Waals surface area contributed by atoms with Gasteiger partial charge in [0.05, 0.1) is 21.0 Å². The Morgan fingerprint density at radius 1 is 1.05 bits per heavy atom. The lowest BCUT2D eigenvalue weighted by Gasteiger charge is -2.40. The Bertz CT molecular complexity index is 1320. The van der Waals surface area contributed by atoms with E-state index in [-0.39, 0.29) is 63.0 Å². The van der Waals surface area contributed by atoms with E-state index < -0.39 is 23.0 Å². The smallest absolute Gasteiger partial charge is 0.408 e. The number of carbonyl (C=O) groups is 4. The summed E-state index contributed by atoms with van der Waals surface area (Å²) in [6.45, 7) is 7.54. The predicted octanol–water partition coefficient (Wildman–Crippen LogP) is 4.48. The van der Waals surface area contributed by atoms with Gasteiger partial charge >= 0.3 is 6.09 Å². The number of benzene rings is 2. The maximum Gasteiger partial charge on any atom is 0.408 e. The van der Waals surface area contributed by atoms with Gasteiger partial charge in [0.1, 0.15) is 24.5 Å². The summed E-state index contributed by atoms with van der Waals surface area (Å²) in [5, 5.41) is 6.16. The number of hydrogen-bond donors (Lipinski definition) is 3. The molecule has 2 aromatic rings. The highest BCUT2D eigenvalue weighted by atomic mass is 35.5. The molecule has 0 radical (unpaired) electrons. The molecule has 2 aromatic carbocycles. The third-order valence-electron chi connectivity index (χ3n) is 7.03. The van der Waals surface area contributed by atoms with Crippen LogP contribution in [0, 0.1) is 5.41 Å². The second-order valence-electron chi connectivity index (χ2n) is 11.2. The number of likely N-dealkylation sites (tertiary alicyclic amines) is 1. The van der Waals surface area contributed by atoms with Gasteiger partial charge in [-0.2, -0.15) is 0 Å². The van der Waals surface area contributed by atoms with Crippen molar-refractivity contribution < 1.29 is 28.7 Å². The summed E-state index contributed by atoms with van der Waals surface area (Å²) < 4.78 is 11.3. The van der Waals surface area contributed by atoms with Crippen molar-refractivity contribution in [2.24, 2.45) is 11.1 Å². The topological polar surface area (TPSA) is 140 Å². The molecule has 4 N–H and O–H groups in total. The molecule has 0 bridgehead atoms. The van der Waals surface area contributed by atoms with Crippen LogP contribution in [0.1, 0.15) is 62.0 Å². The summed E-state index contributed by atoms with van der Waals surface area (Å²) >= 11 is 12.5. The average molecular weight is 622 g/mol. The van der Waals surface area contributed by atoms with Crippen LogP contribution in [0.2, 0.25) is 10.0 Å². The van der Waals surface area contributed by atoms with Crippen LogP contribution in [0.4, 0.5) is 4.79 Å². The van der Waals surface area contributed by atoms with E-state index in [1.807, 2.05) is 6.92 Å². The minimum Gasteiger partial charge on any atom is -0.492 e. The predicted molar refractivity (Wildman–Crippen MR) is 161 cm³/mol. The van der Waals surface area contributed by atoms with Crippen LogP contribution in [0.25, 0.3) is 0 Å². The van der Waals surface area contributed by atoms with E-state index in [0.29, 0.717) is 21.4 Å². The van der Waals surface area contributed by atoms with Crippen molar-refractivity contribution in [2.45, 2.75) is 59.1 Å². The van der Waals surface area contributed by atoms with Crippen molar-refractivity contribution in [2.75, 3.05) is 26.2 Å². The maximum atomic E-state index is 13.7. The number of carbonyl (C=O) groups excluding carboxylic acids is 4. The first-order chi connectivity index (χ1) is 19.7. The number of ether oxygens (including phenoxy) is 2. The average Bonchev–Trinajstić information content (AvgIpc) is 2.94. The molecule has 4 amide bonds. The SMILES string of the molecule is CCc1ccc(C(N)=O)c(OCC2(C(=O)NCc3cccc(Cl)c3Cl)CCN(C(=O)CNC(=O)OC(C)(C)C)CC2)c1. The Labute approximate surface area is 256 Å². The molecule has 10 nitrogen and oxygen atoms in total.